The van der Waals surface area contributed by atoms with E-state index in [1.54, 1.807) is 0 Å². The third kappa shape index (κ3) is 2.40. The number of hydrogen-bond acceptors (Lipinski definition) is 3. The van der Waals surface area contributed by atoms with E-state index in [0.717, 1.165) is 30.8 Å². The summed E-state index contributed by atoms with van der Waals surface area (Å²) >= 11 is 0. The molecule has 0 aliphatic carbocycles. The smallest absolute Gasteiger partial charge is 0.253 e. The number of amides is 1. The molecular formula is C16H23N3O. The molecule has 2 fully saturated rings. The average molecular weight is 273 g/mol. The van der Waals surface area contributed by atoms with Crippen molar-refractivity contribution >= 4 is 11.6 Å². The molecule has 1 amide bonds. The minimum atomic E-state index is 0.175. The monoisotopic (exact) mass is 273 g/mol. The van der Waals surface area contributed by atoms with Gasteiger partial charge in [-0.3, -0.25) is 9.69 Å². The number of anilines is 1. The first-order chi connectivity index (χ1) is 9.69. The second kappa shape index (κ2) is 5.44. The van der Waals surface area contributed by atoms with E-state index >= 15 is 0 Å². The number of carbonyl (C=O) groups is 1. The van der Waals surface area contributed by atoms with E-state index in [-0.39, 0.29) is 5.91 Å². The van der Waals surface area contributed by atoms with Crippen LogP contribution in [0.15, 0.2) is 24.3 Å². The summed E-state index contributed by atoms with van der Waals surface area (Å²) in [5, 5.41) is 3.08. The van der Waals surface area contributed by atoms with Crippen molar-refractivity contribution in [2.75, 3.05) is 32.5 Å². The standard InChI is InChI=1S/C16H23N3O/c1-17-13-5-3-12(4-6-13)16(20)19-10-9-14-7-8-15(11-19)18(14)2/h3-6,14-15,17H,7-11H2,1-2H3. The molecule has 108 valence electrons. The van der Waals surface area contributed by atoms with E-state index < -0.39 is 0 Å². The van der Waals surface area contributed by atoms with Crippen molar-refractivity contribution in [1.29, 1.82) is 0 Å². The topological polar surface area (TPSA) is 35.6 Å². The first-order valence-electron chi connectivity index (χ1n) is 7.48. The Morgan fingerprint density at radius 2 is 1.85 bits per heavy atom. The highest BCUT2D eigenvalue weighted by atomic mass is 16.2. The molecule has 1 N–H and O–H groups in total. The maximum absolute atomic E-state index is 12.6. The quantitative estimate of drug-likeness (QED) is 0.895. The molecule has 2 heterocycles. The van der Waals surface area contributed by atoms with Crippen LogP contribution in [-0.4, -0.2) is 55.0 Å². The van der Waals surface area contributed by atoms with E-state index in [9.17, 15) is 4.79 Å². The predicted molar refractivity (Wildman–Crippen MR) is 81.1 cm³/mol. The van der Waals surface area contributed by atoms with Crippen LogP contribution < -0.4 is 5.32 Å². The van der Waals surface area contributed by atoms with Crippen LogP contribution in [0.25, 0.3) is 0 Å². The van der Waals surface area contributed by atoms with Crippen molar-refractivity contribution in [3.8, 4) is 0 Å². The van der Waals surface area contributed by atoms with Crippen LogP contribution in [0, 0.1) is 0 Å². The molecule has 2 aliphatic rings. The third-order valence-corrected chi connectivity index (χ3v) is 4.86. The Morgan fingerprint density at radius 3 is 2.55 bits per heavy atom. The molecule has 2 bridgehead atoms. The lowest BCUT2D eigenvalue weighted by atomic mass is 10.1. The Balaban J connectivity index is 1.73. The Bertz CT molecular complexity index is 485. The SMILES string of the molecule is CNc1ccc(C(=O)N2CCC3CCC(C2)N3C)cc1. The van der Waals surface area contributed by atoms with Crippen molar-refractivity contribution in [2.24, 2.45) is 0 Å². The molecule has 2 aliphatic heterocycles. The number of nitrogens with zero attached hydrogens (tertiary/aromatic N) is 2. The number of hydrogen-bond donors (Lipinski definition) is 1. The Labute approximate surface area is 120 Å². The normalized spacial score (nSPS) is 26.4. The summed E-state index contributed by atoms with van der Waals surface area (Å²) < 4.78 is 0. The summed E-state index contributed by atoms with van der Waals surface area (Å²) in [7, 11) is 4.09. The van der Waals surface area contributed by atoms with Gasteiger partial charge in [-0.05, 0) is 50.6 Å². The van der Waals surface area contributed by atoms with Gasteiger partial charge in [0.15, 0.2) is 0 Å². The van der Waals surface area contributed by atoms with E-state index in [1.807, 2.05) is 36.2 Å². The minimum absolute atomic E-state index is 0.175. The van der Waals surface area contributed by atoms with Gasteiger partial charge in [0.1, 0.15) is 0 Å². The second-order valence-corrected chi connectivity index (χ2v) is 5.92. The first-order valence-corrected chi connectivity index (χ1v) is 7.48. The molecule has 0 saturated carbocycles. The largest absolute Gasteiger partial charge is 0.388 e. The molecule has 20 heavy (non-hydrogen) atoms. The molecule has 1 aromatic rings. The Morgan fingerprint density at radius 1 is 1.15 bits per heavy atom. The van der Waals surface area contributed by atoms with Crippen LogP contribution >= 0.6 is 0 Å². The van der Waals surface area contributed by atoms with Crippen LogP contribution in [0.2, 0.25) is 0 Å². The maximum atomic E-state index is 12.6. The van der Waals surface area contributed by atoms with Crippen LogP contribution in [0.5, 0.6) is 0 Å². The zero-order chi connectivity index (χ0) is 14.1. The van der Waals surface area contributed by atoms with E-state index in [1.165, 1.54) is 12.8 Å². The number of carbonyl (C=O) groups excluding carboxylic acids is 1. The fourth-order valence-electron chi connectivity index (χ4n) is 3.46. The summed E-state index contributed by atoms with van der Waals surface area (Å²) in [4.78, 5) is 17.1. The molecule has 2 atom stereocenters. The molecule has 4 heteroatoms. The van der Waals surface area contributed by atoms with Gasteiger partial charge in [0.2, 0.25) is 0 Å². The summed E-state index contributed by atoms with van der Waals surface area (Å²) in [5.74, 6) is 0.175. The molecule has 1 aromatic carbocycles. The van der Waals surface area contributed by atoms with Gasteiger partial charge in [-0.1, -0.05) is 0 Å². The fourth-order valence-corrected chi connectivity index (χ4v) is 3.46. The molecule has 3 rings (SSSR count). The van der Waals surface area contributed by atoms with Gasteiger partial charge in [-0.2, -0.15) is 0 Å². The molecule has 0 radical (unpaired) electrons. The van der Waals surface area contributed by atoms with Gasteiger partial charge < -0.3 is 10.2 Å². The minimum Gasteiger partial charge on any atom is -0.388 e. The van der Waals surface area contributed by atoms with Crippen LogP contribution in [-0.2, 0) is 0 Å². The Kier molecular flexibility index (Phi) is 3.66. The summed E-state index contributed by atoms with van der Waals surface area (Å²) in [6.07, 6.45) is 3.62. The number of likely N-dealkylation sites (N-methyl/N-ethyl adjacent to an activating group) is 1. The number of likely N-dealkylation sites (tertiary alicyclic amines) is 1. The van der Waals surface area contributed by atoms with Crippen LogP contribution in [0.1, 0.15) is 29.6 Å². The Hall–Kier alpha value is -1.55. The highest BCUT2D eigenvalue weighted by molar-refractivity contribution is 5.94. The third-order valence-electron chi connectivity index (χ3n) is 4.86. The van der Waals surface area contributed by atoms with Crippen molar-refractivity contribution in [3.05, 3.63) is 29.8 Å². The summed E-state index contributed by atoms with van der Waals surface area (Å²) in [6, 6.07) is 8.97. The second-order valence-electron chi connectivity index (χ2n) is 5.92. The number of fused-ring (bicyclic) bond motifs is 2. The molecular weight excluding hydrogens is 250 g/mol. The van der Waals surface area contributed by atoms with Gasteiger partial charge in [0.25, 0.3) is 5.91 Å². The van der Waals surface area contributed by atoms with E-state index in [4.69, 9.17) is 0 Å². The molecule has 0 spiro atoms. The van der Waals surface area contributed by atoms with E-state index in [0.29, 0.717) is 12.1 Å². The van der Waals surface area contributed by atoms with E-state index in [2.05, 4.69) is 17.3 Å². The molecule has 4 nitrogen and oxygen atoms in total. The van der Waals surface area contributed by atoms with Gasteiger partial charge >= 0.3 is 0 Å². The highest BCUT2D eigenvalue weighted by Crippen LogP contribution is 2.29. The maximum Gasteiger partial charge on any atom is 0.253 e. The molecule has 0 aromatic heterocycles. The lowest BCUT2D eigenvalue weighted by Crippen LogP contribution is -2.39. The van der Waals surface area contributed by atoms with Crippen molar-refractivity contribution in [3.63, 3.8) is 0 Å². The zero-order valence-corrected chi connectivity index (χ0v) is 12.3. The number of benzene rings is 1. The lowest BCUT2D eigenvalue weighted by molar-refractivity contribution is 0.0740. The number of rotatable bonds is 2. The average Bonchev–Trinajstić information content (AvgIpc) is 2.72. The summed E-state index contributed by atoms with van der Waals surface area (Å²) in [5.41, 5.74) is 1.83. The zero-order valence-electron chi connectivity index (χ0n) is 12.3. The van der Waals surface area contributed by atoms with Crippen molar-refractivity contribution in [2.45, 2.75) is 31.3 Å². The number of nitrogens with one attached hydrogen (secondary N) is 1. The fraction of sp³-hybridized carbons (Fsp3) is 0.562. The molecule has 2 saturated heterocycles. The van der Waals surface area contributed by atoms with Crippen LogP contribution in [0.3, 0.4) is 0 Å². The van der Waals surface area contributed by atoms with Crippen molar-refractivity contribution in [1.82, 2.24) is 9.80 Å². The first kappa shape index (κ1) is 13.4. The summed E-state index contributed by atoms with van der Waals surface area (Å²) in [6.45, 7) is 1.76. The highest BCUT2D eigenvalue weighted by Gasteiger charge is 2.36. The van der Waals surface area contributed by atoms with Gasteiger partial charge in [-0.25, -0.2) is 0 Å². The van der Waals surface area contributed by atoms with Gasteiger partial charge in [0.05, 0.1) is 0 Å². The van der Waals surface area contributed by atoms with Crippen LogP contribution in [0.4, 0.5) is 5.69 Å². The predicted octanol–water partition coefficient (Wildman–Crippen LogP) is 2.04. The van der Waals surface area contributed by atoms with Gasteiger partial charge in [0, 0.05) is 43.5 Å². The lowest BCUT2D eigenvalue weighted by Gasteiger charge is -2.26. The van der Waals surface area contributed by atoms with Gasteiger partial charge in [-0.15, -0.1) is 0 Å². The molecule has 2 unspecified atom stereocenters. The van der Waals surface area contributed by atoms with Crippen molar-refractivity contribution < 1.29 is 4.79 Å².